The zero-order valence-corrected chi connectivity index (χ0v) is 48.3. The van der Waals surface area contributed by atoms with Crippen LogP contribution in [0.25, 0.3) is 0 Å². The molecule has 0 spiro atoms. The third kappa shape index (κ3) is 58.9. The van der Waals surface area contributed by atoms with Crippen LogP contribution in [0.5, 0.6) is 0 Å². The van der Waals surface area contributed by atoms with Crippen LogP contribution in [0.15, 0.2) is 12.2 Å². The quantitative estimate of drug-likeness (QED) is 0.0261. The van der Waals surface area contributed by atoms with E-state index in [9.17, 15) is 14.4 Å². The summed E-state index contributed by atoms with van der Waals surface area (Å²) in [6.45, 7) is 6.61. The van der Waals surface area contributed by atoms with Crippen LogP contribution in [0.2, 0.25) is 0 Å². The lowest BCUT2D eigenvalue weighted by Gasteiger charge is -2.18. The van der Waals surface area contributed by atoms with Crippen molar-refractivity contribution >= 4 is 17.9 Å². The monoisotopic (exact) mass is 1000 g/mol. The zero-order chi connectivity index (χ0) is 51.4. The molecule has 1 atom stereocenters. The van der Waals surface area contributed by atoms with Gasteiger partial charge in [0, 0.05) is 19.3 Å². The minimum Gasteiger partial charge on any atom is -0.462 e. The second-order valence-corrected chi connectivity index (χ2v) is 22.0. The SMILES string of the molecule is CCC/C=C\CCCCCCCC(=O)OC(COC(=O)CCCCCCCCCCCC)COC(=O)CCCCCCCCCCCCCCCCCCCCCCCCCCCCCCCCCCC. The molecule has 0 aliphatic carbocycles. The molecule has 0 saturated carbocycles. The van der Waals surface area contributed by atoms with Crippen LogP contribution in [-0.4, -0.2) is 37.2 Å². The first kappa shape index (κ1) is 69.2. The van der Waals surface area contributed by atoms with Gasteiger partial charge in [0.2, 0.25) is 0 Å². The number of ether oxygens (including phenoxy) is 3. The van der Waals surface area contributed by atoms with Crippen LogP contribution in [0, 0.1) is 0 Å². The van der Waals surface area contributed by atoms with Crippen molar-refractivity contribution in [3.8, 4) is 0 Å². The van der Waals surface area contributed by atoms with Gasteiger partial charge < -0.3 is 14.2 Å². The molecule has 0 bridgehead atoms. The van der Waals surface area contributed by atoms with Crippen LogP contribution >= 0.6 is 0 Å². The van der Waals surface area contributed by atoms with E-state index in [1.165, 1.54) is 257 Å². The Labute approximate surface area is 443 Å². The summed E-state index contributed by atoms with van der Waals surface area (Å²) < 4.78 is 16.8. The molecule has 0 saturated heterocycles. The summed E-state index contributed by atoms with van der Waals surface area (Å²) in [4.78, 5) is 38.0. The van der Waals surface area contributed by atoms with E-state index in [0.29, 0.717) is 19.3 Å². The predicted octanol–water partition coefficient (Wildman–Crippen LogP) is 21.7. The predicted molar refractivity (Wildman–Crippen MR) is 307 cm³/mol. The number of hydrogen-bond acceptors (Lipinski definition) is 6. The first-order valence-electron chi connectivity index (χ1n) is 32.2. The Morgan fingerprint density at radius 3 is 0.761 bits per heavy atom. The van der Waals surface area contributed by atoms with Gasteiger partial charge in [-0.05, 0) is 38.5 Å². The van der Waals surface area contributed by atoms with Crippen LogP contribution < -0.4 is 0 Å². The Morgan fingerprint density at radius 2 is 0.493 bits per heavy atom. The summed E-state index contributed by atoms with van der Waals surface area (Å²) in [5.41, 5.74) is 0. The van der Waals surface area contributed by atoms with Crippen LogP contribution in [0.4, 0.5) is 0 Å². The minimum absolute atomic E-state index is 0.0681. The molecule has 0 aliphatic rings. The molecule has 71 heavy (non-hydrogen) atoms. The van der Waals surface area contributed by atoms with Gasteiger partial charge >= 0.3 is 17.9 Å². The van der Waals surface area contributed by atoms with Crippen LogP contribution in [0.1, 0.15) is 367 Å². The van der Waals surface area contributed by atoms with Gasteiger partial charge in [0.05, 0.1) is 0 Å². The number of carbonyl (C=O) groups is 3. The molecule has 0 N–H and O–H groups in total. The van der Waals surface area contributed by atoms with Crippen molar-refractivity contribution in [2.75, 3.05) is 13.2 Å². The van der Waals surface area contributed by atoms with E-state index in [2.05, 4.69) is 32.9 Å². The van der Waals surface area contributed by atoms with Crippen molar-refractivity contribution in [3.63, 3.8) is 0 Å². The smallest absolute Gasteiger partial charge is 0.306 e. The summed E-state index contributed by atoms with van der Waals surface area (Å²) in [6.07, 6.45) is 71.3. The van der Waals surface area contributed by atoms with Gasteiger partial charge in [-0.3, -0.25) is 14.4 Å². The Kier molecular flexibility index (Phi) is 59.1. The Morgan fingerprint density at radius 1 is 0.268 bits per heavy atom. The molecule has 0 rings (SSSR count). The Balaban J connectivity index is 3.90. The van der Waals surface area contributed by atoms with Crippen LogP contribution in [0.3, 0.4) is 0 Å². The largest absolute Gasteiger partial charge is 0.462 e. The fourth-order valence-corrected chi connectivity index (χ4v) is 9.92. The van der Waals surface area contributed by atoms with Gasteiger partial charge in [-0.15, -0.1) is 0 Å². The van der Waals surface area contributed by atoms with Gasteiger partial charge in [-0.1, -0.05) is 322 Å². The van der Waals surface area contributed by atoms with Crippen molar-refractivity contribution < 1.29 is 28.6 Å². The van der Waals surface area contributed by atoms with E-state index < -0.39 is 6.10 Å². The first-order chi connectivity index (χ1) is 35.0. The number of unbranched alkanes of at least 4 members (excludes halogenated alkanes) is 47. The zero-order valence-electron chi connectivity index (χ0n) is 48.3. The third-order valence-corrected chi connectivity index (χ3v) is 14.8. The summed E-state index contributed by atoms with van der Waals surface area (Å²) in [7, 11) is 0. The number of carbonyl (C=O) groups excluding carboxylic acids is 3. The molecular weight excluding hydrogens is 877 g/mol. The van der Waals surface area contributed by atoms with E-state index in [-0.39, 0.29) is 31.1 Å². The highest BCUT2D eigenvalue weighted by Gasteiger charge is 2.19. The van der Waals surface area contributed by atoms with Gasteiger partial charge in [0.1, 0.15) is 13.2 Å². The summed E-state index contributed by atoms with van der Waals surface area (Å²) in [6, 6.07) is 0. The Bertz CT molecular complexity index is 1100. The molecule has 1 unspecified atom stereocenters. The maximum atomic E-state index is 12.8. The molecule has 0 amide bonds. The summed E-state index contributed by atoms with van der Waals surface area (Å²) >= 11 is 0. The molecule has 420 valence electrons. The van der Waals surface area contributed by atoms with Crippen molar-refractivity contribution in [2.45, 2.75) is 374 Å². The summed E-state index contributed by atoms with van der Waals surface area (Å²) in [5.74, 6) is -0.859. The lowest BCUT2D eigenvalue weighted by Crippen LogP contribution is -2.30. The van der Waals surface area contributed by atoms with E-state index >= 15 is 0 Å². The van der Waals surface area contributed by atoms with E-state index in [0.717, 1.165) is 70.6 Å². The maximum Gasteiger partial charge on any atom is 0.306 e. The molecule has 0 radical (unpaired) electrons. The highest BCUT2D eigenvalue weighted by Crippen LogP contribution is 2.18. The highest BCUT2D eigenvalue weighted by molar-refractivity contribution is 5.71. The maximum absolute atomic E-state index is 12.8. The number of esters is 3. The number of allylic oxidation sites excluding steroid dienone is 2. The molecular formula is C65H124O6. The topological polar surface area (TPSA) is 78.9 Å². The van der Waals surface area contributed by atoms with Gasteiger partial charge in [0.25, 0.3) is 0 Å². The fraction of sp³-hybridized carbons (Fsp3) is 0.923. The van der Waals surface area contributed by atoms with Gasteiger partial charge in [-0.2, -0.15) is 0 Å². The average Bonchev–Trinajstić information content (AvgIpc) is 3.37. The highest BCUT2D eigenvalue weighted by atomic mass is 16.6. The van der Waals surface area contributed by atoms with Crippen molar-refractivity contribution in [3.05, 3.63) is 12.2 Å². The molecule has 0 fully saturated rings. The van der Waals surface area contributed by atoms with Crippen molar-refractivity contribution in [1.29, 1.82) is 0 Å². The van der Waals surface area contributed by atoms with E-state index in [1.54, 1.807) is 0 Å². The fourth-order valence-electron chi connectivity index (χ4n) is 9.92. The number of hydrogen-bond donors (Lipinski definition) is 0. The van der Waals surface area contributed by atoms with E-state index in [1.807, 2.05) is 0 Å². The molecule has 6 heteroatoms. The Hall–Kier alpha value is -1.85. The number of rotatable bonds is 60. The first-order valence-corrected chi connectivity index (χ1v) is 32.2. The molecule has 0 aromatic heterocycles. The second-order valence-electron chi connectivity index (χ2n) is 22.0. The lowest BCUT2D eigenvalue weighted by atomic mass is 10.0. The normalized spacial score (nSPS) is 12.0. The molecule has 6 nitrogen and oxygen atoms in total. The van der Waals surface area contributed by atoms with E-state index in [4.69, 9.17) is 14.2 Å². The lowest BCUT2D eigenvalue weighted by molar-refractivity contribution is -0.167. The average molecular weight is 1000 g/mol. The van der Waals surface area contributed by atoms with Gasteiger partial charge in [0.15, 0.2) is 6.10 Å². The summed E-state index contributed by atoms with van der Waals surface area (Å²) in [5, 5.41) is 0. The molecule has 0 aromatic rings. The minimum atomic E-state index is -0.767. The standard InChI is InChI=1S/C65H124O6/c1-4-7-10-13-16-19-22-23-24-25-26-27-28-29-30-31-32-33-34-35-36-37-38-39-40-41-42-43-44-47-49-52-55-58-64(67)70-61-62(71-65(68)59-56-53-50-46-21-18-15-12-9-6-3)60-69-63(66)57-54-51-48-45-20-17-14-11-8-5-2/h12,15,62H,4-11,13-14,16-61H2,1-3H3/b15-12-. The second kappa shape index (κ2) is 60.7. The molecule has 0 heterocycles. The van der Waals surface area contributed by atoms with Crippen molar-refractivity contribution in [2.24, 2.45) is 0 Å². The molecule has 0 aliphatic heterocycles. The third-order valence-electron chi connectivity index (χ3n) is 14.8. The van der Waals surface area contributed by atoms with Crippen LogP contribution in [-0.2, 0) is 28.6 Å². The van der Waals surface area contributed by atoms with Crippen molar-refractivity contribution in [1.82, 2.24) is 0 Å². The molecule has 0 aromatic carbocycles. The van der Waals surface area contributed by atoms with Gasteiger partial charge in [-0.25, -0.2) is 0 Å².